The predicted octanol–water partition coefficient (Wildman–Crippen LogP) is 2.23. The Morgan fingerprint density at radius 3 is 2.43 bits per heavy atom. The lowest BCUT2D eigenvalue weighted by molar-refractivity contribution is -0.140. The summed E-state index contributed by atoms with van der Waals surface area (Å²) in [6.45, 7) is 4.47. The Balaban J connectivity index is 1.63. The molecule has 1 amide bonds. The number of morpholine rings is 1. The summed E-state index contributed by atoms with van der Waals surface area (Å²) in [6, 6.07) is 12.0. The highest BCUT2D eigenvalue weighted by molar-refractivity contribution is 6.46. The number of hydrogen-bond donors (Lipinski definition) is 1. The van der Waals surface area contributed by atoms with Gasteiger partial charge < -0.3 is 14.7 Å². The van der Waals surface area contributed by atoms with E-state index in [4.69, 9.17) is 4.74 Å². The van der Waals surface area contributed by atoms with Crippen LogP contribution in [0.1, 0.15) is 23.6 Å². The highest BCUT2D eigenvalue weighted by atomic mass is 16.5. The molecule has 4 rings (SSSR count). The van der Waals surface area contributed by atoms with Crippen molar-refractivity contribution in [2.45, 2.75) is 12.5 Å². The molecule has 0 aliphatic carbocycles. The molecule has 1 N–H and O–H groups in total. The van der Waals surface area contributed by atoms with Gasteiger partial charge in [0, 0.05) is 44.1 Å². The van der Waals surface area contributed by atoms with Crippen LogP contribution in [0.3, 0.4) is 0 Å². The molecule has 2 saturated heterocycles. The number of hydrogen-bond acceptors (Lipinski definition) is 6. The van der Waals surface area contributed by atoms with E-state index in [1.807, 2.05) is 30.3 Å². The SMILES string of the molecule is O=C1C(=O)N(CCCN2CCOCC2)[C@H](c2ccccc2)/C1=C(\O)c1ccncc1. The van der Waals surface area contributed by atoms with Crippen LogP contribution in [-0.2, 0) is 14.3 Å². The average molecular weight is 407 g/mol. The molecule has 2 aliphatic heterocycles. The molecule has 0 bridgehead atoms. The second-order valence-electron chi connectivity index (χ2n) is 7.45. The molecular formula is C23H25N3O4. The fourth-order valence-corrected chi connectivity index (χ4v) is 4.05. The molecule has 0 radical (unpaired) electrons. The molecule has 2 fully saturated rings. The number of aliphatic hydroxyl groups excluding tert-OH is 1. The number of ether oxygens (including phenoxy) is 1. The van der Waals surface area contributed by atoms with Gasteiger partial charge in [0.1, 0.15) is 5.76 Å². The van der Waals surface area contributed by atoms with Gasteiger partial charge >= 0.3 is 0 Å². The van der Waals surface area contributed by atoms with Crippen LogP contribution in [-0.4, -0.2) is 71.0 Å². The number of Topliss-reactive ketones (excluding diaryl/α,β-unsaturated/α-hetero) is 1. The topological polar surface area (TPSA) is 83.0 Å². The highest BCUT2D eigenvalue weighted by Gasteiger charge is 2.45. The number of aromatic nitrogens is 1. The third-order valence-corrected chi connectivity index (χ3v) is 5.59. The predicted molar refractivity (Wildman–Crippen MR) is 112 cm³/mol. The van der Waals surface area contributed by atoms with Gasteiger partial charge in [0.15, 0.2) is 0 Å². The van der Waals surface area contributed by atoms with Gasteiger partial charge in [-0.25, -0.2) is 0 Å². The largest absolute Gasteiger partial charge is 0.507 e. The van der Waals surface area contributed by atoms with Gasteiger partial charge in [-0.15, -0.1) is 0 Å². The summed E-state index contributed by atoms with van der Waals surface area (Å²) in [5.41, 5.74) is 1.40. The molecule has 30 heavy (non-hydrogen) atoms. The van der Waals surface area contributed by atoms with Gasteiger partial charge in [-0.3, -0.25) is 19.5 Å². The Morgan fingerprint density at radius 2 is 1.73 bits per heavy atom. The Morgan fingerprint density at radius 1 is 1.03 bits per heavy atom. The molecule has 156 valence electrons. The number of carbonyl (C=O) groups excluding carboxylic acids is 2. The normalized spacial score (nSPS) is 21.9. The Labute approximate surface area is 175 Å². The maximum absolute atomic E-state index is 12.9. The van der Waals surface area contributed by atoms with E-state index in [0.717, 1.165) is 44.8 Å². The average Bonchev–Trinajstić information content (AvgIpc) is 3.05. The van der Waals surface area contributed by atoms with Crippen LogP contribution in [0, 0.1) is 0 Å². The number of carbonyl (C=O) groups is 2. The molecule has 7 nitrogen and oxygen atoms in total. The number of aliphatic hydroxyl groups is 1. The summed E-state index contributed by atoms with van der Waals surface area (Å²) in [6.07, 6.45) is 3.83. The third kappa shape index (κ3) is 4.13. The number of rotatable bonds is 6. The minimum absolute atomic E-state index is 0.128. The van der Waals surface area contributed by atoms with Crippen molar-refractivity contribution in [3.63, 3.8) is 0 Å². The molecule has 1 aromatic carbocycles. The van der Waals surface area contributed by atoms with Crippen LogP contribution >= 0.6 is 0 Å². The van der Waals surface area contributed by atoms with Gasteiger partial charge in [-0.1, -0.05) is 30.3 Å². The summed E-state index contributed by atoms with van der Waals surface area (Å²) in [5.74, 6) is -1.38. The molecule has 1 atom stereocenters. The van der Waals surface area contributed by atoms with E-state index in [2.05, 4.69) is 9.88 Å². The van der Waals surface area contributed by atoms with Crippen molar-refractivity contribution in [2.24, 2.45) is 0 Å². The zero-order valence-electron chi connectivity index (χ0n) is 16.7. The van der Waals surface area contributed by atoms with E-state index in [-0.39, 0.29) is 11.3 Å². The lowest BCUT2D eigenvalue weighted by atomic mass is 9.95. The summed E-state index contributed by atoms with van der Waals surface area (Å²) in [5, 5.41) is 10.9. The molecule has 2 aromatic rings. The monoisotopic (exact) mass is 407 g/mol. The van der Waals surface area contributed by atoms with Gasteiger partial charge in [-0.05, 0) is 24.1 Å². The number of pyridine rings is 1. The number of benzene rings is 1. The zero-order chi connectivity index (χ0) is 20.9. The summed E-state index contributed by atoms with van der Waals surface area (Å²) in [7, 11) is 0. The molecular weight excluding hydrogens is 382 g/mol. The smallest absolute Gasteiger partial charge is 0.295 e. The van der Waals surface area contributed by atoms with Crippen LogP contribution in [0.4, 0.5) is 0 Å². The van der Waals surface area contributed by atoms with Crippen LogP contribution in [0.25, 0.3) is 5.76 Å². The standard InChI is InChI=1S/C23H25N3O4/c27-21(18-7-9-24-10-8-18)19-20(17-5-2-1-3-6-17)26(23(29)22(19)28)12-4-11-25-13-15-30-16-14-25/h1-3,5-10,20,27H,4,11-16H2/b21-19+/t20-/m1/s1. The molecule has 0 saturated carbocycles. The van der Waals surface area contributed by atoms with Crippen LogP contribution < -0.4 is 0 Å². The van der Waals surface area contributed by atoms with E-state index in [1.54, 1.807) is 29.4 Å². The second-order valence-corrected chi connectivity index (χ2v) is 7.45. The van der Waals surface area contributed by atoms with Gasteiger partial charge in [-0.2, -0.15) is 0 Å². The fraction of sp³-hybridized carbons (Fsp3) is 0.348. The number of likely N-dealkylation sites (tertiary alicyclic amines) is 1. The quantitative estimate of drug-likeness (QED) is 0.449. The summed E-state index contributed by atoms with van der Waals surface area (Å²) in [4.78, 5) is 33.7. The Bertz CT molecular complexity index is 924. The fourth-order valence-electron chi connectivity index (χ4n) is 4.05. The maximum atomic E-state index is 12.9. The van der Waals surface area contributed by atoms with Crippen LogP contribution in [0.5, 0.6) is 0 Å². The van der Waals surface area contributed by atoms with Crippen molar-refractivity contribution < 1.29 is 19.4 Å². The van der Waals surface area contributed by atoms with E-state index in [9.17, 15) is 14.7 Å². The third-order valence-electron chi connectivity index (χ3n) is 5.59. The minimum atomic E-state index is -0.649. The zero-order valence-corrected chi connectivity index (χ0v) is 16.7. The van der Waals surface area contributed by atoms with Crippen molar-refractivity contribution in [1.29, 1.82) is 0 Å². The Kier molecular flexibility index (Phi) is 6.21. The number of amides is 1. The first-order chi connectivity index (χ1) is 14.7. The van der Waals surface area contributed by atoms with Crippen molar-refractivity contribution in [3.8, 4) is 0 Å². The lowest BCUT2D eigenvalue weighted by Crippen LogP contribution is -2.38. The van der Waals surface area contributed by atoms with Gasteiger partial charge in [0.25, 0.3) is 11.7 Å². The van der Waals surface area contributed by atoms with E-state index < -0.39 is 17.7 Å². The van der Waals surface area contributed by atoms with Crippen molar-refractivity contribution in [3.05, 3.63) is 71.6 Å². The second kappa shape index (κ2) is 9.19. The van der Waals surface area contributed by atoms with Crippen molar-refractivity contribution in [1.82, 2.24) is 14.8 Å². The first kappa shape index (κ1) is 20.3. The number of nitrogens with zero attached hydrogens (tertiary/aromatic N) is 3. The molecule has 3 heterocycles. The molecule has 7 heteroatoms. The molecule has 1 aromatic heterocycles. The maximum Gasteiger partial charge on any atom is 0.295 e. The van der Waals surface area contributed by atoms with Crippen molar-refractivity contribution >= 4 is 17.4 Å². The van der Waals surface area contributed by atoms with Crippen molar-refractivity contribution in [2.75, 3.05) is 39.4 Å². The first-order valence-electron chi connectivity index (χ1n) is 10.2. The summed E-state index contributed by atoms with van der Waals surface area (Å²) < 4.78 is 5.38. The number of ketones is 1. The van der Waals surface area contributed by atoms with Crippen LogP contribution in [0.15, 0.2) is 60.4 Å². The highest BCUT2D eigenvalue weighted by Crippen LogP contribution is 2.39. The molecule has 0 spiro atoms. The molecule has 0 unspecified atom stereocenters. The van der Waals surface area contributed by atoms with Crippen LogP contribution in [0.2, 0.25) is 0 Å². The van der Waals surface area contributed by atoms with E-state index in [1.165, 1.54) is 0 Å². The molecule has 2 aliphatic rings. The summed E-state index contributed by atoms with van der Waals surface area (Å²) >= 11 is 0. The van der Waals surface area contributed by atoms with E-state index >= 15 is 0 Å². The Hall–Kier alpha value is -3.03. The van der Waals surface area contributed by atoms with Gasteiger partial charge in [0.05, 0.1) is 24.8 Å². The van der Waals surface area contributed by atoms with E-state index in [0.29, 0.717) is 12.1 Å². The van der Waals surface area contributed by atoms with Gasteiger partial charge in [0.2, 0.25) is 0 Å². The lowest BCUT2D eigenvalue weighted by Gasteiger charge is -2.29. The minimum Gasteiger partial charge on any atom is -0.507 e. The first-order valence-corrected chi connectivity index (χ1v) is 10.2.